The number of aromatic nitrogens is 2. The van der Waals surface area contributed by atoms with Gasteiger partial charge in [0, 0.05) is 37.1 Å². The molecule has 0 unspecified atom stereocenters. The third-order valence-corrected chi connectivity index (χ3v) is 3.41. The van der Waals surface area contributed by atoms with Crippen molar-refractivity contribution in [3.63, 3.8) is 0 Å². The second-order valence-corrected chi connectivity index (χ2v) is 5.55. The van der Waals surface area contributed by atoms with Gasteiger partial charge in [-0.3, -0.25) is 9.67 Å². The molecular formula is C17H24ClN5O. The molecular weight excluding hydrogens is 326 g/mol. The van der Waals surface area contributed by atoms with Crippen LogP contribution in [-0.4, -0.2) is 42.0 Å². The summed E-state index contributed by atoms with van der Waals surface area (Å²) in [5, 5.41) is 11.3. The Balaban J connectivity index is 1.67. The summed E-state index contributed by atoms with van der Waals surface area (Å²) < 4.78 is 7.56. The molecule has 0 spiro atoms. The minimum atomic E-state index is 0.540. The predicted molar refractivity (Wildman–Crippen MR) is 97.8 cm³/mol. The SMILES string of the molecule is CCNC(=NCCCn1cccn1)NCCOc1cccc(Cl)c1. The van der Waals surface area contributed by atoms with Gasteiger partial charge in [-0.2, -0.15) is 5.10 Å². The molecule has 0 saturated heterocycles. The average molecular weight is 350 g/mol. The Morgan fingerprint density at radius 3 is 3.00 bits per heavy atom. The van der Waals surface area contributed by atoms with E-state index in [0.29, 0.717) is 18.2 Å². The third-order valence-electron chi connectivity index (χ3n) is 3.18. The van der Waals surface area contributed by atoms with Gasteiger partial charge >= 0.3 is 0 Å². The Morgan fingerprint density at radius 2 is 2.25 bits per heavy atom. The van der Waals surface area contributed by atoms with E-state index in [1.165, 1.54) is 0 Å². The molecule has 0 saturated carbocycles. The van der Waals surface area contributed by atoms with E-state index in [0.717, 1.165) is 37.8 Å². The third kappa shape index (κ3) is 6.91. The van der Waals surface area contributed by atoms with E-state index in [9.17, 15) is 0 Å². The number of hydrogen-bond acceptors (Lipinski definition) is 3. The first-order valence-corrected chi connectivity index (χ1v) is 8.53. The number of aryl methyl sites for hydroxylation is 1. The van der Waals surface area contributed by atoms with Crippen LogP contribution in [0, 0.1) is 0 Å². The first-order chi connectivity index (χ1) is 11.8. The highest BCUT2D eigenvalue weighted by Gasteiger charge is 1.98. The fourth-order valence-electron chi connectivity index (χ4n) is 2.09. The van der Waals surface area contributed by atoms with Gasteiger partial charge in [0.2, 0.25) is 0 Å². The van der Waals surface area contributed by atoms with Gasteiger partial charge < -0.3 is 15.4 Å². The molecule has 2 aromatic rings. The fraction of sp³-hybridized carbons (Fsp3) is 0.412. The monoisotopic (exact) mass is 349 g/mol. The molecule has 0 aliphatic rings. The summed E-state index contributed by atoms with van der Waals surface area (Å²) in [5.74, 6) is 1.57. The lowest BCUT2D eigenvalue weighted by atomic mass is 10.3. The van der Waals surface area contributed by atoms with Crippen LogP contribution < -0.4 is 15.4 Å². The van der Waals surface area contributed by atoms with Crippen molar-refractivity contribution in [2.24, 2.45) is 4.99 Å². The maximum absolute atomic E-state index is 5.93. The zero-order chi connectivity index (χ0) is 17.0. The Kier molecular flexibility index (Phi) is 7.97. The molecule has 6 nitrogen and oxygen atoms in total. The lowest BCUT2D eigenvalue weighted by Crippen LogP contribution is -2.39. The maximum Gasteiger partial charge on any atom is 0.191 e. The first-order valence-electron chi connectivity index (χ1n) is 8.16. The zero-order valence-electron chi connectivity index (χ0n) is 13.9. The Morgan fingerprint density at radius 1 is 1.33 bits per heavy atom. The van der Waals surface area contributed by atoms with E-state index in [4.69, 9.17) is 16.3 Å². The van der Waals surface area contributed by atoms with Crippen LogP contribution in [0.2, 0.25) is 5.02 Å². The largest absolute Gasteiger partial charge is 0.492 e. The van der Waals surface area contributed by atoms with Crippen molar-refractivity contribution < 1.29 is 4.74 Å². The van der Waals surface area contributed by atoms with Crippen LogP contribution in [0.5, 0.6) is 5.75 Å². The Labute approximate surface area is 147 Å². The molecule has 2 rings (SSSR count). The number of nitrogens with one attached hydrogen (secondary N) is 2. The highest BCUT2D eigenvalue weighted by Crippen LogP contribution is 2.16. The minimum Gasteiger partial charge on any atom is -0.492 e. The smallest absolute Gasteiger partial charge is 0.191 e. The van der Waals surface area contributed by atoms with Gasteiger partial charge in [0.1, 0.15) is 12.4 Å². The number of rotatable bonds is 9. The number of halogens is 1. The summed E-state index contributed by atoms with van der Waals surface area (Å²) in [6, 6.07) is 9.31. The van der Waals surface area contributed by atoms with Crippen LogP contribution in [0.25, 0.3) is 0 Å². The highest BCUT2D eigenvalue weighted by molar-refractivity contribution is 6.30. The minimum absolute atomic E-state index is 0.540. The van der Waals surface area contributed by atoms with E-state index in [-0.39, 0.29) is 0 Å². The van der Waals surface area contributed by atoms with Crippen molar-refractivity contribution in [1.29, 1.82) is 0 Å². The van der Waals surface area contributed by atoms with Crippen LogP contribution in [-0.2, 0) is 6.54 Å². The number of guanidine groups is 1. The number of aliphatic imine (C=N–C) groups is 1. The van der Waals surface area contributed by atoms with Crippen LogP contribution >= 0.6 is 11.6 Å². The molecule has 7 heteroatoms. The second-order valence-electron chi connectivity index (χ2n) is 5.12. The standard InChI is InChI=1S/C17H24ClN5O/c1-2-19-17(20-8-4-11-23-12-5-9-22-23)21-10-13-24-16-7-3-6-15(18)14-16/h3,5-7,9,12,14H,2,4,8,10-11,13H2,1H3,(H2,19,20,21). The Hall–Kier alpha value is -2.21. The van der Waals surface area contributed by atoms with E-state index < -0.39 is 0 Å². The molecule has 0 fully saturated rings. The van der Waals surface area contributed by atoms with E-state index in [1.807, 2.05) is 42.1 Å². The molecule has 0 atom stereocenters. The molecule has 1 aromatic heterocycles. The molecule has 0 aliphatic carbocycles. The highest BCUT2D eigenvalue weighted by atomic mass is 35.5. The molecule has 0 amide bonds. The van der Waals surface area contributed by atoms with Crippen molar-refractivity contribution in [3.8, 4) is 5.75 Å². The van der Waals surface area contributed by atoms with Crippen molar-refractivity contribution in [1.82, 2.24) is 20.4 Å². The number of nitrogens with zero attached hydrogens (tertiary/aromatic N) is 3. The van der Waals surface area contributed by atoms with E-state index in [2.05, 4.69) is 20.7 Å². The molecule has 0 aliphatic heterocycles. The van der Waals surface area contributed by atoms with E-state index in [1.54, 1.807) is 12.3 Å². The van der Waals surface area contributed by atoms with Crippen LogP contribution in [0.3, 0.4) is 0 Å². The lowest BCUT2D eigenvalue weighted by Gasteiger charge is -2.12. The molecule has 1 heterocycles. The van der Waals surface area contributed by atoms with Gasteiger partial charge in [0.25, 0.3) is 0 Å². The molecule has 24 heavy (non-hydrogen) atoms. The van der Waals surface area contributed by atoms with Crippen molar-refractivity contribution in [2.45, 2.75) is 19.9 Å². The predicted octanol–water partition coefficient (Wildman–Crippen LogP) is 2.56. The quantitative estimate of drug-likeness (QED) is 0.415. The summed E-state index contributed by atoms with van der Waals surface area (Å²) in [5.41, 5.74) is 0. The lowest BCUT2D eigenvalue weighted by molar-refractivity contribution is 0.322. The second kappa shape index (κ2) is 10.5. The summed E-state index contributed by atoms with van der Waals surface area (Å²) >= 11 is 5.93. The number of hydrogen-bond donors (Lipinski definition) is 2. The van der Waals surface area contributed by atoms with Gasteiger partial charge in [0.05, 0.1) is 6.54 Å². The summed E-state index contributed by atoms with van der Waals surface area (Å²) in [4.78, 5) is 4.55. The normalized spacial score (nSPS) is 11.3. The average Bonchev–Trinajstić information content (AvgIpc) is 3.09. The summed E-state index contributed by atoms with van der Waals surface area (Å²) in [6.45, 7) is 5.68. The first kappa shape index (κ1) is 18.1. The zero-order valence-corrected chi connectivity index (χ0v) is 14.7. The van der Waals surface area contributed by atoms with Gasteiger partial charge in [-0.1, -0.05) is 17.7 Å². The summed E-state index contributed by atoms with van der Waals surface area (Å²) in [7, 11) is 0. The van der Waals surface area contributed by atoms with E-state index >= 15 is 0 Å². The maximum atomic E-state index is 5.93. The molecule has 0 radical (unpaired) electrons. The number of benzene rings is 1. The molecule has 1 aromatic carbocycles. The van der Waals surface area contributed by atoms with Crippen LogP contribution in [0.4, 0.5) is 0 Å². The van der Waals surface area contributed by atoms with Crippen LogP contribution in [0.1, 0.15) is 13.3 Å². The van der Waals surface area contributed by atoms with Gasteiger partial charge in [-0.15, -0.1) is 0 Å². The fourth-order valence-corrected chi connectivity index (χ4v) is 2.27. The van der Waals surface area contributed by atoms with Crippen molar-refractivity contribution >= 4 is 17.6 Å². The molecule has 0 bridgehead atoms. The number of ether oxygens (including phenoxy) is 1. The molecule has 2 N–H and O–H groups in total. The Bertz CT molecular complexity index is 615. The van der Waals surface area contributed by atoms with Crippen molar-refractivity contribution in [2.75, 3.05) is 26.2 Å². The topological polar surface area (TPSA) is 63.5 Å². The molecule has 130 valence electrons. The summed E-state index contributed by atoms with van der Waals surface area (Å²) in [6.07, 6.45) is 4.69. The van der Waals surface area contributed by atoms with Crippen LogP contribution in [0.15, 0.2) is 47.7 Å². The van der Waals surface area contributed by atoms with Gasteiger partial charge in [-0.25, -0.2) is 0 Å². The van der Waals surface area contributed by atoms with Gasteiger partial charge in [0.15, 0.2) is 5.96 Å². The van der Waals surface area contributed by atoms with Gasteiger partial charge in [-0.05, 0) is 37.6 Å². The van der Waals surface area contributed by atoms with Crippen molar-refractivity contribution in [3.05, 3.63) is 47.7 Å².